The molecular weight excluding hydrogens is 388 g/mol. The minimum Gasteiger partial charge on any atom is -0.413 e. The molecule has 0 bridgehead atoms. The first-order valence-electron chi connectivity index (χ1n) is 10.4. The molecule has 0 aromatic heterocycles. The fourth-order valence-corrected chi connectivity index (χ4v) is 3.45. The zero-order valence-corrected chi connectivity index (χ0v) is 20.9. The van der Waals surface area contributed by atoms with Crippen molar-refractivity contribution in [3.05, 3.63) is 25.3 Å². The second-order valence-electron chi connectivity index (χ2n) is 9.31. The highest BCUT2D eigenvalue weighted by Crippen LogP contribution is 2.21. The summed E-state index contributed by atoms with van der Waals surface area (Å²) < 4.78 is 30.1. The number of ether oxygens (including phenoxy) is 4. The molecule has 0 spiro atoms. The van der Waals surface area contributed by atoms with Crippen molar-refractivity contribution in [2.75, 3.05) is 26.4 Å². The van der Waals surface area contributed by atoms with E-state index in [4.69, 9.17) is 23.4 Å². The summed E-state index contributed by atoms with van der Waals surface area (Å²) in [6.07, 6.45) is 0.802. The molecular formula is C22H44O6Si. The lowest BCUT2D eigenvalue weighted by molar-refractivity contribution is -0.177. The van der Waals surface area contributed by atoms with Gasteiger partial charge in [0.1, 0.15) is 18.3 Å². The standard InChI is InChI=1S/C22H44O6Si/c1-11-13-24-19(17(23)15-26-21(3,4)5)20(25-14-12-2)18(28-29(9)10)16-27-22(6,7)8/h11-12,17-20,23,29H,1-2,13-16H2,3-10H3/t17-,18-,19-,20-/m1/s1. The van der Waals surface area contributed by atoms with E-state index in [-0.39, 0.29) is 30.5 Å². The second kappa shape index (κ2) is 13.7. The maximum atomic E-state index is 10.9. The molecule has 7 heteroatoms. The van der Waals surface area contributed by atoms with E-state index in [2.05, 4.69) is 26.3 Å². The van der Waals surface area contributed by atoms with Crippen molar-refractivity contribution in [3.8, 4) is 0 Å². The normalized spacial score (nSPS) is 17.0. The van der Waals surface area contributed by atoms with Gasteiger partial charge in [-0.25, -0.2) is 0 Å². The van der Waals surface area contributed by atoms with Gasteiger partial charge in [-0.3, -0.25) is 0 Å². The van der Waals surface area contributed by atoms with E-state index in [0.29, 0.717) is 13.2 Å². The van der Waals surface area contributed by atoms with Crippen molar-refractivity contribution in [1.82, 2.24) is 0 Å². The molecule has 0 saturated heterocycles. The zero-order chi connectivity index (χ0) is 22.7. The van der Waals surface area contributed by atoms with Gasteiger partial charge in [-0.15, -0.1) is 13.2 Å². The summed E-state index contributed by atoms with van der Waals surface area (Å²) in [7, 11) is -1.42. The van der Waals surface area contributed by atoms with E-state index >= 15 is 0 Å². The smallest absolute Gasteiger partial charge is 0.171 e. The Morgan fingerprint density at radius 2 is 1.28 bits per heavy atom. The average molecular weight is 433 g/mol. The molecule has 0 aliphatic heterocycles. The third-order valence-electron chi connectivity index (χ3n) is 3.70. The summed E-state index contributed by atoms with van der Waals surface area (Å²) in [6, 6.07) is 0. The second-order valence-corrected chi connectivity index (χ2v) is 11.7. The van der Waals surface area contributed by atoms with Gasteiger partial charge in [0.15, 0.2) is 9.04 Å². The number of hydrogen-bond acceptors (Lipinski definition) is 6. The van der Waals surface area contributed by atoms with E-state index in [1.54, 1.807) is 12.2 Å². The van der Waals surface area contributed by atoms with Crippen molar-refractivity contribution in [1.29, 1.82) is 0 Å². The molecule has 0 saturated carbocycles. The van der Waals surface area contributed by atoms with Gasteiger partial charge in [0.25, 0.3) is 0 Å². The lowest BCUT2D eigenvalue weighted by atomic mass is 10.0. The number of aliphatic hydroxyl groups is 1. The third-order valence-corrected chi connectivity index (χ3v) is 4.59. The van der Waals surface area contributed by atoms with Crippen LogP contribution in [0.5, 0.6) is 0 Å². The molecule has 0 aromatic rings. The summed E-state index contributed by atoms with van der Waals surface area (Å²) >= 11 is 0. The highest BCUT2D eigenvalue weighted by atomic mass is 28.3. The Labute approximate surface area is 179 Å². The average Bonchev–Trinajstić information content (AvgIpc) is 2.58. The molecule has 0 amide bonds. The molecule has 1 N–H and O–H groups in total. The van der Waals surface area contributed by atoms with Crippen LogP contribution in [0.2, 0.25) is 13.1 Å². The molecule has 4 atom stereocenters. The summed E-state index contributed by atoms with van der Waals surface area (Å²) in [5, 5.41) is 10.9. The van der Waals surface area contributed by atoms with Crippen LogP contribution in [-0.4, -0.2) is 76.2 Å². The Balaban J connectivity index is 5.68. The Bertz CT molecular complexity index is 455. The zero-order valence-electron chi connectivity index (χ0n) is 19.8. The summed E-state index contributed by atoms with van der Waals surface area (Å²) in [5.41, 5.74) is -0.702. The molecule has 172 valence electrons. The van der Waals surface area contributed by atoms with Crippen LogP contribution in [0.1, 0.15) is 41.5 Å². The number of aliphatic hydroxyl groups excluding tert-OH is 1. The van der Waals surface area contributed by atoms with Gasteiger partial charge in [-0.05, 0) is 54.6 Å². The van der Waals surface area contributed by atoms with Crippen molar-refractivity contribution < 1.29 is 28.5 Å². The van der Waals surface area contributed by atoms with Crippen LogP contribution < -0.4 is 0 Å². The number of rotatable bonds is 15. The first kappa shape index (κ1) is 28.5. The van der Waals surface area contributed by atoms with E-state index in [1.165, 1.54) is 0 Å². The van der Waals surface area contributed by atoms with Crippen molar-refractivity contribution >= 4 is 9.04 Å². The molecule has 6 nitrogen and oxygen atoms in total. The first-order valence-corrected chi connectivity index (χ1v) is 13.1. The van der Waals surface area contributed by atoms with Crippen molar-refractivity contribution in [2.24, 2.45) is 0 Å². The Hall–Kier alpha value is -0.543. The van der Waals surface area contributed by atoms with E-state index in [9.17, 15) is 5.11 Å². The van der Waals surface area contributed by atoms with Gasteiger partial charge in [-0.2, -0.15) is 0 Å². The van der Waals surface area contributed by atoms with Gasteiger partial charge in [0, 0.05) is 0 Å². The van der Waals surface area contributed by atoms with Crippen molar-refractivity contribution in [3.63, 3.8) is 0 Å². The molecule has 0 fully saturated rings. The topological polar surface area (TPSA) is 66.4 Å². The largest absolute Gasteiger partial charge is 0.413 e. The van der Waals surface area contributed by atoms with Crippen LogP contribution in [0.15, 0.2) is 25.3 Å². The minimum atomic E-state index is -1.42. The summed E-state index contributed by atoms with van der Waals surface area (Å²) in [5.74, 6) is 0. The van der Waals surface area contributed by atoms with Crippen LogP contribution in [-0.2, 0) is 23.4 Å². The molecule has 29 heavy (non-hydrogen) atoms. The summed E-state index contributed by atoms with van der Waals surface area (Å²) in [4.78, 5) is 0. The lowest BCUT2D eigenvalue weighted by Crippen LogP contribution is -2.53. The maximum absolute atomic E-state index is 10.9. The van der Waals surface area contributed by atoms with Crippen LogP contribution in [0.3, 0.4) is 0 Å². The van der Waals surface area contributed by atoms with Gasteiger partial charge >= 0.3 is 0 Å². The first-order chi connectivity index (χ1) is 13.3. The fourth-order valence-electron chi connectivity index (χ4n) is 2.52. The minimum absolute atomic E-state index is 0.116. The predicted molar refractivity (Wildman–Crippen MR) is 121 cm³/mol. The number of hydrogen-bond donors (Lipinski definition) is 1. The Morgan fingerprint density at radius 1 is 0.828 bits per heavy atom. The van der Waals surface area contributed by atoms with E-state index in [1.807, 2.05) is 41.5 Å². The highest BCUT2D eigenvalue weighted by Gasteiger charge is 2.38. The predicted octanol–water partition coefficient (Wildman–Crippen LogP) is 3.49. The van der Waals surface area contributed by atoms with Crippen LogP contribution in [0.4, 0.5) is 0 Å². The summed E-state index contributed by atoms with van der Waals surface area (Å²) in [6.45, 7) is 24.5. The molecule has 0 aliphatic rings. The molecule has 0 radical (unpaired) electrons. The molecule has 0 rings (SSSR count). The molecule has 0 unspecified atom stereocenters. The molecule has 0 heterocycles. The van der Waals surface area contributed by atoms with Gasteiger partial charge < -0.3 is 28.5 Å². The Morgan fingerprint density at radius 3 is 1.69 bits per heavy atom. The monoisotopic (exact) mass is 432 g/mol. The van der Waals surface area contributed by atoms with E-state index < -0.39 is 27.4 Å². The fraction of sp³-hybridized carbons (Fsp3) is 0.818. The lowest BCUT2D eigenvalue weighted by Gasteiger charge is -2.38. The highest BCUT2D eigenvalue weighted by molar-refractivity contribution is 6.48. The van der Waals surface area contributed by atoms with Gasteiger partial charge in [0.2, 0.25) is 0 Å². The third kappa shape index (κ3) is 14.2. The van der Waals surface area contributed by atoms with Crippen LogP contribution >= 0.6 is 0 Å². The van der Waals surface area contributed by atoms with Crippen LogP contribution in [0, 0.1) is 0 Å². The molecule has 0 aromatic carbocycles. The van der Waals surface area contributed by atoms with Gasteiger partial charge in [0.05, 0.1) is 43.7 Å². The molecule has 0 aliphatic carbocycles. The Kier molecular flexibility index (Phi) is 13.4. The van der Waals surface area contributed by atoms with Crippen LogP contribution in [0.25, 0.3) is 0 Å². The van der Waals surface area contributed by atoms with Crippen molar-refractivity contribution in [2.45, 2.75) is 90.3 Å². The quantitative estimate of drug-likeness (QED) is 0.316. The SMILES string of the molecule is C=CCO[C@@H]([C@H](OCC=C)[C@@H](COC(C)(C)C)O[SiH](C)C)[C@H](O)COC(C)(C)C. The van der Waals surface area contributed by atoms with E-state index in [0.717, 1.165) is 0 Å². The maximum Gasteiger partial charge on any atom is 0.171 e. The van der Waals surface area contributed by atoms with Gasteiger partial charge in [-0.1, -0.05) is 12.2 Å².